The average molecular weight is 333 g/mol. The van der Waals surface area contributed by atoms with Gasteiger partial charge in [0.05, 0.1) is 38.1 Å². The summed E-state index contributed by atoms with van der Waals surface area (Å²) >= 11 is 0. The molecular formula is C19H40O4. The molecule has 0 saturated carbocycles. The first-order valence-corrected chi connectivity index (χ1v) is 9.55. The summed E-state index contributed by atoms with van der Waals surface area (Å²) < 4.78 is 16.9. The number of ether oxygens (including phenoxy) is 3. The number of unbranched alkanes of at least 4 members (excludes halogenated alkanes) is 7. The van der Waals surface area contributed by atoms with Gasteiger partial charge in [0, 0.05) is 6.61 Å². The molecular weight excluding hydrogens is 292 g/mol. The second-order valence-electron chi connectivity index (χ2n) is 6.63. The molecule has 0 aliphatic carbocycles. The van der Waals surface area contributed by atoms with Crippen molar-refractivity contribution in [3.05, 3.63) is 0 Å². The van der Waals surface area contributed by atoms with Crippen molar-refractivity contribution in [2.45, 2.75) is 97.4 Å². The van der Waals surface area contributed by atoms with Crippen LogP contribution in [0.15, 0.2) is 0 Å². The Balaban J connectivity index is 3.34. The van der Waals surface area contributed by atoms with Crippen molar-refractivity contribution >= 4 is 0 Å². The molecule has 0 aromatic carbocycles. The third-order valence-corrected chi connectivity index (χ3v) is 3.89. The number of hydrogen-bond donors (Lipinski definition) is 1. The molecule has 4 heteroatoms. The summed E-state index contributed by atoms with van der Waals surface area (Å²) in [6, 6.07) is 0. The SMILES string of the molecule is CCCCCCCCCCOC(C)COC(C)COC(C)CO. The normalized spacial score (nSPS) is 15.5. The minimum Gasteiger partial charge on any atom is -0.394 e. The van der Waals surface area contributed by atoms with E-state index >= 15 is 0 Å². The molecule has 0 fully saturated rings. The van der Waals surface area contributed by atoms with Gasteiger partial charge in [-0.25, -0.2) is 0 Å². The van der Waals surface area contributed by atoms with Crippen LogP contribution in [-0.2, 0) is 14.2 Å². The quantitative estimate of drug-likeness (QED) is 0.403. The largest absolute Gasteiger partial charge is 0.394 e. The van der Waals surface area contributed by atoms with Crippen molar-refractivity contribution < 1.29 is 19.3 Å². The Kier molecular flexibility index (Phi) is 16.6. The monoisotopic (exact) mass is 332 g/mol. The van der Waals surface area contributed by atoms with Crippen LogP contribution in [0.1, 0.15) is 79.1 Å². The molecule has 3 atom stereocenters. The van der Waals surface area contributed by atoms with Crippen LogP contribution in [0.4, 0.5) is 0 Å². The minimum absolute atomic E-state index is 0.0261. The fourth-order valence-electron chi connectivity index (χ4n) is 2.27. The molecule has 0 aliphatic heterocycles. The van der Waals surface area contributed by atoms with Crippen molar-refractivity contribution in [1.82, 2.24) is 0 Å². The smallest absolute Gasteiger partial charge is 0.0781 e. The van der Waals surface area contributed by atoms with Crippen molar-refractivity contribution in [3.8, 4) is 0 Å². The van der Waals surface area contributed by atoms with Crippen LogP contribution in [0.25, 0.3) is 0 Å². The predicted molar refractivity (Wildman–Crippen MR) is 95.9 cm³/mol. The Morgan fingerprint density at radius 3 is 1.70 bits per heavy atom. The molecule has 0 bridgehead atoms. The lowest BCUT2D eigenvalue weighted by atomic mass is 10.1. The molecule has 0 aromatic heterocycles. The van der Waals surface area contributed by atoms with Gasteiger partial charge in [-0.2, -0.15) is 0 Å². The third kappa shape index (κ3) is 16.5. The predicted octanol–water partition coefficient (Wildman–Crippen LogP) is 4.33. The number of aliphatic hydroxyl groups is 1. The van der Waals surface area contributed by atoms with E-state index in [2.05, 4.69) is 13.8 Å². The highest BCUT2D eigenvalue weighted by Gasteiger charge is 2.09. The molecule has 1 N–H and O–H groups in total. The Morgan fingerprint density at radius 2 is 1.13 bits per heavy atom. The first-order chi connectivity index (χ1) is 11.1. The highest BCUT2D eigenvalue weighted by molar-refractivity contribution is 4.55. The van der Waals surface area contributed by atoms with E-state index in [-0.39, 0.29) is 24.9 Å². The molecule has 0 radical (unpaired) electrons. The number of aliphatic hydroxyl groups excluding tert-OH is 1. The standard InChI is InChI=1S/C19H40O4/c1-5-6-7-8-9-10-11-12-13-21-18(3)15-23-19(4)16-22-17(2)14-20/h17-20H,5-16H2,1-4H3. The van der Waals surface area contributed by atoms with Gasteiger partial charge in [-0.3, -0.25) is 0 Å². The van der Waals surface area contributed by atoms with Gasteiger partial charge < -0.3 is 19.3 Å². The molecule has 0 rings (SSSR count). The van der Waals surface area contributed by atoms with Gasteiger partial charge in [0.1, 0.15) is 0 Å². The molecule has 0 spiro atoms. The van der Waals surface area contributed by atoms with Gasteiger partial charge in [-0.05, 0) is 27.2 Å². The maximum absolute atomic E-state index is 8.89. The zero-order chi connectivity index (χ0) is 17.3. The van der Waals surface area contributed by atoms with Gasteiger partial charge in [-0.1, -0.05) is 51.9 Å². The fraction of sp³-hybridized carbons (Fsp3) is 1.00. The summed E-state index contributed by atoms with van der Waals surface area (Å²) in [5.74, 6) is 0. The van der Waals surface area contributed by atoms with Crippen molar-refractivity contribution in [3.63, 3.8) is 0 Å². The fourth-order valence-corrected chi connectivity index (χ4v) is 2.27. The lowest BCUT2D eigenvalue weighted by Gasteiger charge is -2.19. The van der Waals surface area contributed by atoms with E-state index in [1.54, 1.807) is 0 Å². The van der Waals surface area contributed by atoms with Gasteiger partial charge in [0.25, 0.3) is 0 Å². The van der Waals surface area contributed by atoms with Crippen molar-refractivity contribution in [2.75, 3.05) is 26.4 Å². The minimum atomic E-state index is -0.128. The van der Waals surface area contributed by atoms with Crippen LogP contribution in [0.3, 0.4) is 0 Å². The van der Waals surface area contributed by atoms with Gasteiger partial charge in [0.15, 0.2) is 0 Å². The van der Waals surface area contributed by atoms with Crippen LogP contribution < -0.4 is 0 Å². The first kappa shape index (κ1) is 22.8. The lowest BCUT2D eigenvalue weighted by Crippen LogP contribution is -2.26. The van der Waals surface area contributed by atoms with Crippen LogP contribution in [-0.4, -0.2) is 49.8 Å². The zero-order valence-corrected chi connectivity index (χ0v) is 15.9. The van der Waals surface area contributed by atoms with E-state index in [1.807, 2.05) is 13.8 Å². The summed E-state index contributed by atoms with van der Waals surface area (Å²) in [4.78, 5) is 0. The van der Waals surface area contributed by atoms with E-state index in [0.717, 1.165) is 13.0 Å². The van der Waals surface area contributed by atoms with Crippen LogP contribution in [0.2, 0.25) is 0 Å². The third-order valence-electron chi connectivity index (χ3n) is 3.89. The summed E-state index contributed by atoms with van der Waals surface area (Å²) in [6.07, 6.45) is 10.6. The summed E-state index contributed by atoms with van der Waals surface area (Å²) in [5, 5.41) is 8.89. The second-order valence-corrected chi connectivity index (χ2v) is 6.63. The molecule has 4 nitrogen and oxygen atoms in total. The molecule has 0 aromatic rings. The van der Waals surface area contributed by atoms with Gasteiger partial charge >= 0.3 is 0 Å². The first-order valence-electron chi connectivity index (χ1n) is 9.55. The highest BCUT2D eigenvalue weighted by Crippen LogP contribution is 2.09. The Morgan fingerprint density at radius 1 is 0.652 bits per heavy atom. The van der Waals surface area contributed by atoms with E-state index in [4.69, 9.17) is 19.3 Å². The van der Waals surface area contributed by atoms with Crippen LogP contribution in [0, 0.1) is 0 Å². The average Bonchev–Trinajstić information content (AvgIpc) is 2.56. The Bertz CT molecular complexity index is 235. The maximum Gasteiger partial charge on any atom is 0.0781 e. The van der Waals surface area contributed by atoms with E-state index in [9.17, 15) is 0 Å². The Hall–Kier alpha value is -0.160. The molecule has 0 saturated heterocycles. The molecule has 0 heterocycles. The van der Waals surface area contributed by atoms with Crippen LogP contribution in [0.5, 0.6) is 0 Å². The maximum atomic E-state index is 8.89. The zero-order valence-electron chi connectivity index (χ0n) is 15.9. The lowest BCUT2D eigenvalue weighted by molar-refractivity contribution is -0.0746. The van der Waals surface area contributed by atoms with Gasteiger partial charge in [0.2, 0.25) is 0 Å². The van der Waals surface area contributed by atoms with E-state index in [0.29, 0.717) is 13.2 Å². The topological polar surface area (TPSA) is 47.9 Å². The molecule has 140 valence electrons. The number of hydrogen-bond acceptors (Lipinski definition) is 4. The number of rotatable bonds is 17. The van der Waals surface area contributed by atoms with Crippen molar-refractivity contribution in [2.24, 2.45) is 0 Å². The molecule has 23 heavy (non-hydrogen) atoms. The van der Waals surface area contributed by atoms with E-state index in [1.165, 1.54) is 44.9 Å². The summed E-state index contributed by atoms with van der Waals surface area (Å²) in [6.45, 7) is 10.1. The molecule has 0 amide bonds. The van der Waals surface area contributed by atoms with Crippen LogP contribution >= 0.6 is 0 Å². The van der Waals surface area contributed by atoms with Gasteiger partial charge in [-0.15, -0.1) is 0 Å². The highest BCUT2D eigenvalue weighted by atomic mass is 16.6. The molecule has 3 unspecified atom stereocenters. The molecule has 0 aliphatic rings. The Labute approximate surface area is 143 Å². The van der Waals surface area contributed by atoms with Crippen molar-refractivity contribution in [1.29, 1.82) is 0 Å². The second kappa shape index (κ2) is 16.7. The summed E-state index contributed by atoms with van der Waals surface area (Å²) in [5.41, 5.74) is 0. The van der Waals surface area contributed by atoms with E-state index < -0.39 is 0 Å². The summed E-state index contributed by atoms with van der Waals surface area (Å²) in [7, 11) is 0.